The van der Waals surface area contributed by atoms with Crippen LogP contribution in [0.3, 0.4) is 0 Å². The lowest BCUT2D eigenvalue weighted by Gasteiger charge is -2.35. The Morgan fingerprint density at radius 2 is 1.82 bits per heavy atom. The summed E-state index contributed by atoms with van der Waals surface area (Å²) in [5.74, 6) is 1.27. The summed E-state index contributed by atoms with van der Waals surface area (Å²) < 4.78 is 1.45. The van der Waals surface area contributed by atoms with Crippen LogP contribution in [0.25, 0.3) is 5.65 Å². The summed E-state index contributed by atoms with van der Waals surface area (Å²) in [7, 11) is 0. The SMILES string of the molecule is O=C(C1CCN(c2ccc3nnnn3n2)CC1)N(Cc1ccccc1)C1CC1. The molecular weight excluding hydrogens is 354 g/mol. The van der Waals surface area contributed by atoms with Crippen LogP contribution in [-0.2, 0) is 11.3 Å². The first-order chi connectivity index (χ1) is 13.8. The van der Waals surface area contributed by atoms with E-state index in [-0.39, 0.29) is 5.92 Å². The maximum Gasteiger partial charge on any atom is 0.226 e. The van der Waals surface area contributed by atoms with Crippen molar-refractivity contribution in [3.05, 3.63) is 48.0 Å². The molecule has 2 aromatic heterocycles. The first kappa shape index (κ1) is 17.1. The van der Waals surface area contributed by atoms with Gasteiger partial charge >= 0.3 is 0 Å². The molecule has 1 saturated carbocycles. The van der Waals surface area contributed by atoms with Crippen molar-refractivity contribution in [3.8, 4) is 0 Å². The van der Waals surface area contributed by atoms with Gasteiger partial charge < -0.3 is 9.80 Å². The number of rotatable bonds is 5. The second-order valence-electron chi connectivity index (χ2n) is 7.66. The van der Waals surface area contributed by atoms with E-state index in [4.69, 9.17) is 0 Å². The molecule has 144 valence electrons. The minimum atomic E-state index is 0.0948. The third kappa shape index (κ3) is 3.42. The lowest BCUT2D eigenvalue weighted by molar-refractivity contribution is -0.137. The zero-order chi connectivity index (χ0) is 18.9. The van der Waals surface area contributed by atoms with Crippen molar-refractivity contribution in [2.75, 3.05) is 18.0 Å². The number of piperidine rings is 1. The Labute approximate surface area is 163 Å². The molecule has 0 atom stereocenters. The normalized spacial score (nSPS) is 17.8. The first-order valence-electron chi connectivity index (χ1n) is 9.93. The number of nitrogens with zero attached hydrogens (tertiary/aromatic N) is 7. The Kier molecular flexibility index (Phi) is 4.38. The van der Waals surface area contributed by atoms with E-state index in [0.29, 0.717) is 17.6 Å². The number of hydrogen-bond donors (Lipinski definition) is 0. The molecule has 8 heteroatoms. The molecule has 5 rings (SSSR count). The van der Waals surface area contributed by atoms with Crippen molar-refractivity contribution < 1.29 is 4.79 Å². The van der Waals surface area contributed by atoms with Gasteiger partial charge in [-0.1, -0.05) is 30.3 Å². The molecule has 0 spiro atoms. The summed E-state index contributed by atoms with van der Waals surface area (Å²) in [6.45, 7) is 2.36. The zero-order valence-electron chi connectivity index (χ0n) is 15.7. The molecule has 0 radical (unpaired) electrons. The number of carbonyl (C=O) groups excluding carboxylic acids is 1. The number of hydrogen-bond acceptors (Lipinski definition) is 6. The van der Waals surface area contributed by atoms with Gasteiger partial charge in [0.2, 0.25) is 5.91 Å². The maximum atomic E-state index is 13.2. The molecule has 2 aliphatic rings. The standard InChI is InChI=1S/C20H23N7O/c28-20(26(17-6-7-17)14-15-4-2-1-3-5-15)16-10-12-25(13-11-16)19-9-8-18-21-23-24-27(18)22-19/h1-5,8-9,16-17H,6-7,10-14H2. The fraction of sp³-hybridized carbons (Fsp3) is 0.450. The van der Waals surface area contributed by atoms with Gasteiger partial charge in [0.05, 0.1) is 0 Å². The van der Waals surface area contributed by atoms with E-state index in [1.807, 2.05) is 30.3 Å². The summed E-state index contributed by atoms with van der Waals surface area (Å²) in [6, 6.07) is 14.5. The van der Waals surface area contributed by atoms with Gasteiger partial charge in [-0.2, -0.15) is 0 Å². The fourth-order valence-corrected chi connectivity index (χ4v) is 3.95. The Morgan fingerprint density at radius 1 is 1.04 bits per heavy atom. The average Bonchev–Trinajstić information content (AvgIpc) is 3.48. The first-order valence-corrected chi connectivity index (χ1v) is 9.93. The Balaban J connectivity index is 1.24. The largest absolute Gasteiger partial charge is 0.355 e. The van der Waals surface area contributed by atoms with E-state index in [2.05, 4.69) is 42.6 Å². The summed E-state index contributed by atoms with van der Waals surface area (Å²) in [4.78, 5) is 17.6. The van der Waals surface area contributed by atoms with Crippen molar-refractivity contribution in [1.29, 1.82) is 0 Å². The predicted octanol–water partition coefficient (Wildman–Crippen LogP) is 1.93. The van der Waals surface area contributed by atoms with E-state index in [0.717, 1.165) is 51.1 Å². The third-order valence-corrected chi connectivity index (χ3v) is 5.69. The maximum absolute atomic E-state index is 13.2. The summed E-state index contributed by atoms with van der Waals surface area (Å²) in [5, 5.41) is 15.9. The Morgan fingerprint density at radius 3 is 2.57 bits per heavy atom. The van der Waals surface area contributed by atoms with Gasteiger partial charge in [-0.25, -0.2) is 0 Å². The molecule has 1 aromatic carbocycles. The number of anilines is 1. The average molecular weight is 377 g/mol. The minimum Gasteiger partial charge on any atom is -0.355 e. The molecule has 28 heavy (non-hydrogen) atoms. The molecule has 2 fully saturated rings. The molecular formula is C20H23N7O. The van der Waals surface area contributed by atoms with E-state index >= 15 is 0 Å². The molecule has 0 bridgehead atoms. The van der Waals surface area contributed by atoms with Gasteiger partial charge in [0.15, 0.2) is 11.5 Å². The highest BCUT2D eigenvalue weighted by Crippen LogP contribution is 2.32. The predicted molar refractivity (Wildman–Crippen MR) is 104 cm³/mol. The number of fused-ring (bicyclic) bond motifs is 1. The molecule has 1 aliphatic carbocycles. The highest BCUT2D eigenvalue weighted by Gasteiger charge is 2.37. The number of carbonyl (C=O) groups is 1. The van der Waals surface area contributed by atoms with Gasteiger partial charge in [-0.05, 0) is 53.8 Å². The van der Waals surface area contributed by atoms with Crippen molar-refractivity contribution in [2.45, 2.75) is 38.3 Å². The zero-order valence-corrected chi connectivity index (χ0v) is 15.7. The van der Waals surface area contributed by atoms with Crippen LogP contribution in [0.15, 0.2) is 42.5 Å². The Bertz CT molecular complexity index is 961. The van der Waals surface area contributed by atoms with Crippen molar-refractivity contribution in [3.63, 3.8) is 0 Å². The van der Waals surface area contributed by atoms with Gasteiger partial charge in [0, 0.05) is 31.6 Å². The third-order valence-electron chi connectivity index (χ3n) is 5.69. The Hall–Kier alpha value is -3.03. The smallest absolute Gasteiger partial charge is 0.226 e. The quantitative estimate of drug-likeness (QED) is 0.676. The monoisotopic (exact) mass is 377 g/mol. The number of amides is 1. The molecule has 1 aliphatic heterocycles. The van der Waals surface area contributed by atoms with Crippen LogP contribution in [0.4, 0.5) is 5.82 Å². The van der Waals surface area contributed by atoms with Crippen LogP contribution < -0.4 is 4.90 Å². The van der Waals surface area contributed by atoms with Crippen LogP contribution in [0, 0.1) is 5.92 Å². The van der Waals surface area contributed by atoms with E-state index < -0.39 is 0 Å². The molecule has 8 nitrogen and oxygen atoms in total. The van der Waals surface area contributed by atoms with Crippen LogP contribution in [-0.4, -0.2) is 55.2 Å². The van der Waals surface area contributed by atoms with Gasteiger partial charge in [-0.3, -0.25) is 4.79 Å². The second kappa shape index (κ2) is 7.18. The van der Waals surface area contributed by atoms with Crippen molar-refractivity contribution in [1.82, 2.24) is 30.2 Å². The van der Waals surface area contributed by atoms with Crippen LogP contribution in [0.1, 0.15) is 31.2 Å². The topological polar surface area (TPSA) is 79.5 Å². The lowest BCUT2D eigenvalue weighted by Crippen LogP contribution is -2.43. The molecule has 3 heterocycles. The molecule has 1 amide bonds. The molecule has 3 aromatic rings. The minimum absolute atomic E-state index is 0.0948. The number of tetrazole rings is 1. The van der Waals surface area contributed by atoms with Gasteiger partial charge in [-0.15, -0.1) is 14.8 Å². The van der Waals surface area contributed by atoms with Gasteiger partial charge in [0.1, 0.15) is 0 Å². The lowest BCUT2D eigenvalue weighted by atomic mass is 9.95. The number of aromatic nitrogens is 5. The van der Waals surface area contributed by atoms with Crippen LogP contribution in [0.5, 0.6) is 0 Å². The van der Waals surface area contributed by atoms with Crippen molar-refractivity contribution >= 4 is 17.4 Å². The van der Waals surface area contributed by atoms with E-state index in [1.165, 1.54) is 10.2 Å². The number of benzene rings is 1. The van der Waals surface area contributed by atoms with Crippen LogP contribution >= 0.6 is 0 Å². The van der Waals surface area contributed by atoms with Crippen molar-refractivity contribution in [2.24, 2.45) is 5.92 Å². The highest BCUT2D eigenvalue weighted by molar-refractivity contribution is 5.80. The summed E-state index contributed by atoms with van der Waals surface area (Å²) in [5.41, 5.74) is 1.84. The van der Waals surface area contributed by atoms with Gasteiger partial charge in [0.25, 0.3) is 0 Å². The van der Waals surface area contributed by atoms with Crippen LogP contribution in [0.2, 0.25) is 0 Å². The molecule has 0 unspecified atom stereocenters. The molecule has 1 saturated heterocycles. The second-order valence-corrected chi connectivity index (χ2v) is 7.66. The fourth-order valence-electron chi connectivity index (χ4n) is 3.95. The van der Waals surface area contributed by atoms with E-state index in [9.17, 15) is 4.79 Å². The summed E-state index contributed by atoms with van der Waals surface area (Å²) in [6.07, 6.45) is 3.97. The van der Waals surface area contributed by atoms with E-state index in [1.54, 1.807) is 0 Å². The highest BCUT2D eigenvalue weighted by atomic mass is 16.2. The molecule has 0 N–H and O–H groups in total. The summed E-state index contributed by atoms with van der Waals surface area (Å²) >= 11 is 0.